The van der Waals surface area contributed by atoms with Gasteiger partial charge in [-0.3, -0.25) is 4.90 Å². The molecule has 0 aliphatic carbocycles. The van der Waals surface area contributed by atoms with Gasteiger partial charge < -0.3 is 14.8 Å². The van der Waals surface area contributed by atoms with E-state index in [4.69, 9.17) is 9.47 Å². The molecule has 2 atom stereocenters. The van der Waals surface area contributed by atoms with E-state index in [9.17, 15) is 0 Å². The topological polar surface area (TPSA) is 33.7 Å². The van der Waals surface area contributed by atoms with Gasteiger partial charge in [0.05, 0.1) is 19.8 Å². The number of methoxy groups -OCH3 is 1. The smallest absolute Gasteiger partial charge is 0.0700 e. The van der Waals surface area contributed by atoms with Crippen molar-refractivity contribution >= 4 is 0 Å². The predicted octanol–water partition coefficient (Wildman–Crippen LogP) is 2.53. The Labute approximate surface area is 131 Å². The SMILES string of the molecule is CCC(C)C1CNC(CC)(CC)CN1CCOCCOC. The molecule has 0 amide bonds. The van der Waals surface area contributed by atoms with Crippen LogP contribution in [0.4, 0.5) is 0 Å². The Hall–Kier alpha value is -0.160. The Morgan fingerprint density at radius 2 is 1.90 bits per heavy atom. The van der Waals surface area contributed by atoms with E-state index in [2.05, 4.69) is 37.9 Å². The van der Waals surface area contributed by atoms with Crippen molar-refractivity contribution < 1.29 is 9.47 Å². The number of hydrogen-bond acceptors (Lipinski definition) is 4. The molecule has 1 saturated heterocycles. The molecule has 0 aromatic rings. The molecule has 2 unspecified atom stereocenters. The van der Waals surface area contributed by atoms with Crippen LogP contribution in [0.3, 0.4) is 0 Å². The van der Waals surface area contributed by atoms with Gasteiger partial charge in [-0.15, -0.1) is 0 Å². The summed E-state index contributed by atoms with van der Waals surface area (Å²) in [6.07, 6.45) is 3.62. The fourth-order valence-electron chi connectivity index (χ4n) is 3.24. The average Bonchev–Trinajstić information content (AvgIpc) is 2.53. The Morgan fingerprint density at radius 3 is 2.48 bits per heavy atom. The zero-order valence-corrected chi connectivity index (χ0v) is 14.8. The van der Waals surface area contributed by atoms with E-state index in [0.29, 0.717) is 19.3 Å². The lowest BCUT2D eigenvalue weighted by Crippen LogP contribution is -2.65. The highest BCUT2D eigenvalue weighted by Crippen LogP contribution is 2.26. The van der Waals surface area contributed by atoms with Crippen LogP contribution in [0.1, 0.15) is 47.0 Å². The summed E-state index contributed by atoms with van der Waals surface area (Å²) in [5.74, 6) is 0.725. The van der Waals surface area contributed by atoms with Gasteiger partial charge in [0.2, 0.25) is 0 Å². The third-order valence-corrected chi connectivity index (χ3v) is 5.27. The van der Waals surface area contributed by atoms with E-state index in [1.165, 1.54) is 19.3 Å². The standard InChI is InChI=1S/C17H36N2O2/c1-6-15(4)16-13-18-17(7-2,8-3)14-19(16)9-10-21-12-11-20-5/h15-16,18H,6-14H2,1-5H3. The summed E-state index contributed by atoms with van der Waals surface area (Å²) < 4.78 is 10.7. The van der Waals surface area contributed by atoms with Gasteiger partial charge in [-0.1, -0.05) is 34.1 Å². The summed E-state index contributed by atoms with van der Waals surface area (Å²) in [5.41, 5.74) is 0.288. The minimum Gasteiger partial charge on any atom is -0.382 e. The van der Waals surface area contributed by atoms with Gasteiger partial charge >= 0.3 is 0 Å². The summed E-state index contributed by atoms with van der Waals surface area (Å²) in [5, 5.41) is 3.84. The van der Waals surface area contributed by atoms with Crippen molar-refractivity contribution in [2.24, 2.45) is 5.92 Å². The second kappa shape index (κ2) is 9.78. The molecule has 1 aliphatic rings. The molecule has 0 aromatic heterocycles. The van der Waals surface area contributed by atoms with Crippen molar-refractivity contribution in [3.05, 3.63) is 0 Å². The largest absolute Gasteiger partial charge is 0.382 e. The maximum absolute atomic E-state index is 5.69. The molecule has 4 heteroatoms. The lowest BCUT2D eigenvalue weighted by molar-refractivity contribution is 0.00882. The first-order valence-corrected chi connectivity index (χ1v) is 8.68. The predicted molar refractivity (Wildman–Crippen MR) is 88.8 cm³/mol. The number of rotatable bonds is 10. The van der Waals surface area contributed by atoms with Gasteiger partial charge in [0, 0.05) is 38.3 Å². The molecule has 21 heavy (non-hydrogen) atoms. The lowest BCUT2D eigenvalue weighted by Gasteiger charge is -2.49. The number of nitrogens with zero attached hydrogens (tertiary/aromatic N) is 1. The number of hydrogen-bond donors (Lipinski definition) is 1. The highest BCUT2D eigenvalue weighted by Gasteiger charge is 2.37. The summed E-state index contributed by atoms with van der Waals surface area (Å²) in [6, 6.07) is 0.632. The van der Waals surface area contributed by atoms with Crippen LogP contribution in [0.15, 0.2) is 0 Å². The summed E-state index contributed by atoms with van der Waals surface area (Å²) in [7, 11) is 1.72. The van der Waals surface area contributed by atoms with Gasteiger partial charge in [-0.05, 0) is 18.8 Å². The van der Waals surface area contributed by atoms with Gasteiger partial charge in [0.15, 0.2) is 0 Å². The molecule has 1 heterocycles. The van der Waals surface area contributed by atoms with Gasteiger partial charge in [0.25, 0.3) is 0 Å². The zero-order chi connectivity index (χ0) is 15.7. The molecule has 0 saturated carbocycles. The molecule has 126 valence electrons. The van der Waals surface area contributed by atoms with Crippen LogP contribution in [-0.4, -0.2) is 63.0 Å². The summed E-state index contributed by atoms with van der Waals surface area (Å²) in [6.45, 7) is 14.7. The van der Waals surface area contributed by atoms with Crippen LogP contribution >= 0.6 is 0 Å². The molecule has 0 bridgehead atoms. The Balaban J connectivity index is 2.56. The van der Waals surface area contributed by atoms with Gasteiger partial charge in [0.1, 0.15) is 0 Å². The van der Waals surface area contributed by atoms with E-state index in [-0.39, 0.29) is 5.54 Å². The van der Waals surface area contributed by atoms with E-state index >= 15 is 0 Å². The van der Waals surface area contributed by atoms with Crippen LogP contribution in [0.5, 0.6) is 0 Å². The number of piperazine rings is 1. The van der Waals surface area contributed by atoms with E-state index in [1.54, 1.807) is 7.11 Å². The van der Waals surface area contributed by atoms with Crippen LogP contribution in [0, 0.1) is 5.92 Å². The van der Waals surface area contributed by atoms with E-state index in [0.717, 1.165) is 32.2 Å². The summed E-state index contributed by atoms with van der Waals surface area (Å²) in [4.78, 5) is 2.66. The van der Waals surface area contributed by atoms with Crippen LogP contribution in [0.25, 0.3) is 0 Å². The van der Waals surface area contributed by atoms with E-state index < -0.39 is 0 Å². The van der Waals surface area contributed by atoms with Crippen LogP contribution in [-0.2, 0) is 9.47 Å². The molecule has 0 spiro atoms. The first-order valence-electron chi connectivity index (χ1n) is 8.68. The molecule has 1 aliphatic heterocycles. The molecule has 4 nitrogen and oxygen atoms in total. The first-order chi connectivity index (χ1) is 10.1. The van der Waals surface area contributed by atoms with Gasteiger partial charge in [-0.25, -0.2) is 0 Å². The van der Waals surface area contributed by atoms with Crippen molar-refractivity contribution in [3.63, 3.8) is 0 Å². The molecular weight excluding hydrogens is 264 g/mol. The molecule has 1 N–H and O–H groups in total. The number of ether oxygens (including phenoxy) is 2. The van der Waals surface area contributed by atoms with Crippen LogP contribution in [0.2, 0.25) is 0 Å². The third-order valence-electron chi connectivity index (χ3n) is 5.27. The third kappa shape index (κ3) is 5.51. The number of nitrogens with one attached hydrogen (secondary N) is 1. The summed E-state index contributed by atoms with van der Waals surface area (Å²) >= 11 is 0. The van der Waals surface area contributed by atoms with Crippen molar-refractivity contribution in [3.8, 4) is 0 Å². The molecule has 1 rings (SSSR count). The molecule has 0 aromatic carbocycles. The molecule has 0 radical (unpaired) electrons. The minimum absolute atomic E-state index is 0.288. The second-order valence-corrected chi connectivity index (χ2v) is 6.40. The van der Waals surface area contributed by atoms with Gasteiger partial charge in [-0.2, -0.15) is 0 Å². The van der Waals surface area contributed by atoms with E-state index in [1.807, 2.05) is 0 Å². The maximum Gasteiger partial charge on any atom is 0.0700 e. The Morgan fingerprint density at radius 1 is 1.19 bits per heavy atom. The highest BCUT2D eigenvalue weighted by molar-refractivity contribution is 4.97. The minimum atomic E-state index is 0.288. The fourth-order valence-corrected chi connectivity index (χ4v) is 3.24. The van der Waals surface area contributed by atoms with Crippen molar-refractivity contribution in [1.29, 1.82) is 0 Å². The molecular formula is C17H36N2O2. The van der Waals surface area contributed by atoms with Crippen molar-refractivity contribution in [2.75, 3.05) is 46.6 Å². The first kappa shape index (κ1) is 18.9. The Bertz CT molecular complexity index is 270. The quantitative estimate of drug-likeness (QED) is 0.629. The second-order valence-electron chi connectivity index (χ2n) is 6.40. The normalized spacial score (nSPS) is 24.1. The molecule has 1 fully saturated rings. The Kier molecular flexibility index (Phi) is 8.79. The fraction of sp³-hybridized carbons (Fsp3) is 1.00. The van der Waals surface area contributed by atoms with Crippen molar-refractivity contribution in [1.82, 2.24) is 10.2 Å². The monoisotopic (exact) mass is 300 g/mol. The van der Waals surface area contributed by atoms with Crippen molar-refractivity contribution in [2.45, 2.75) is 58.5 Å². The highest BCUT2D eigenvalue weighted by atomic mass is 16.5. The zero-order valence-electron chi connectivity index (χ0n) is 14.8. The van der Waals surface area contributed by atoms with Crippen LogP contribution < -0.4 is 5.32 Å². The average molecular weight is 300 g/mol. The lowest BCUT2D eigenvalue weighted by atomic mass is 9.85. The maximum atomic E-state index is 5.69.